The molecule has 0 radical (unpaired) electrons. The van der Waals surface area contributed by atoms with Gasteiger partial charge in [0.2, 0.25) is 0 Å². The third-order valence-corrected chi connectivity index (χ3v) is 3.98. The predicted molar refractivity (Wildman–Crippen MR) is 85.8 cm³/mol. The summed E-state index contributed by atoms with van der Waals surface area (Å²) >= 11 is 0.703. The minimum atomic E-state index is -0.765. The minimum absolute atomic E-state index is 0.0796. The number of esters is 1. The highest BCUT2D eigenvalue weighted by Gasteiger charge is 2.17. The van der Waals surface area contributed by atoms with E-state index in [1.165, 1.54) is 12.1 Å². The lowest BCUT2D eigenvalue weighted by Crippen LogP contribution is -2.21. The number of thiophene rings is 1. The lowest BCUT2D eigenvalue weighted by molar-refractivity contribution is -0.380. The zero-order valence-electron chi connectivity index (χ0n) is 12.5. The number of amides is 1. The van der Waals surface area contributed by atoms with Gasteiger partial charge < -0.3 is 10.1 Å². The van der Waals surface area contributed by atoms with Crippen molar-refractivity contribution in [3.63, 3.8) is 0 Å². The summed E-state index contributed by atoms with van der Waals surface area (Å²) in [6.07, 6.45) is 0. The Morgan fingerprint density at radius 2 is 2.00 bits per heavy atom. The van der Waals surface area contributed by atoms with E-state index in [2.05, 4.69) is 5.32 Å². The van der Waals surface area contributed by atoms with Crippen LogP contribution in [-0.4, -0.2) is 23.4 Å². The predicted octanol–water partition coefficient (Wildman–Crippen LogP) is 3.07. The molecule has 1 heterocycles. The van der Waals surface area contributed by atoms with E-state index in [4.69, 9.17) is 4.74 Å². The molecule has 0 saturated heterocycles. The second-order valence-electron chi connectivity index (χ2n) is 4.84. The largest absolute Gasteiger partial charge is 0.451 e. The fourth-order valence-electron chi connectivity index (χ4n) is 1.88. The first-order valence-corrected chi connectivity index (χ1v) is 7.47. The first-order valence-electron chi connectivity index (χ1n) is 6.65. The molecule has 0 unspecified atom stereocenters. The first-order chi connectivity index (χ1) is 10.9. The molecule has 0 aliphatic rings. The third kappa shape index (κ3) is 4.36. The van der Waals surface area contributed by atoms with Crippen molar-refractivity contribution in [1.29, 1.82) is 0 Å². The normalized spacial score (nSPS) is 10.2. The van der Waals surface area contributed by atoms with Crippen LogP contribution >= 0.6 is 11.3 Å². The van der Waals surface area contributed by atoms with Crippen LogP contribution in [0.2, 0.25) is 0 Å². The maximum absolute atomic E-state index is 11.8. The Bertz CT molecular complexity index is 769. The fourth-order valence-corrected chi connectivity index (χ4v) is 2.59. The summed E-state index contributed by atoms with van der Waals surface area (Å²) in [5.74, 6) is -1.24. The molecule has 0 aliphatic carbocycles. The van der Waals surface area contributed by atoms with E-state index >= 15 is 0 Å². The minimum Gasteiger partial charge on any atom is -0.451 e. The molecule has 0 aliphatic heterocycles. The van der Waals surface area contributed by atoms with Gasteiger partial charge in [-0.15, -0.1) is 0 Å². The molecule has 0 fully saturated rings. The summed E-state index contributed by atoms with van der Waals surface area (Å²) in [4.78, 5) is 33.6. The van der Waals surface area contributed by atoms with Gasteiger partial charge in [0.05, 0.1) is 4.92 Å². The Kier molecular flexibility index (Phi) is 5.07. The van der Waals surface area contributed by atoms with E-state index in [0.29, 0.717) is 17.0 Å². The van der Waals surface area contributed by atoms with Crippen LogP contribution in [0.15, 0.2) is 30.3 Å². The van der Waals surface area contributed by atoms with Gasteiger partial charge in [-0.05, 0) is 31.5 Å². The van der Waals surface area contributed by atoms with Crippen molar-refractivity contribution in [2.24, 2.45) is 0 Å². The topological polar surface area (TPSA) is 98.5 Å². The number of anilines is 1. The van der Waals surface area contributed by atoms with Crippen LogP contribution in [0.5, 0.6) is 0 Å². The molecule has 1 N–H and O–H groups in total. The van der Waals surface area contributed by atoms with E-state index in [0.717, 1.165) is 11.1 Å². The van der Waals surface area contributed by atoms with Crippen LogP contribution in [0.3, 0.4) is 0 Å². The van der Waals surface area contributed by atoms with Crippen molar-refractivity contribution < 1.29 is 19.2 Å². The number of ether oxygens (including phenoxy) is 1. The molecule has 1 amide bonds. The van der Waals surface area contributed by atoms with Gasteiger partial charge in [-0.2, -0.15) is 0 Å². The molecule has 0 saturated carbocycles. The molecule has 0 bridgehead atoms. The van der Waals surface area contributed by atoms with Gasteiger partial charge in [-0.1, -0.05) is 29.0 Å². The number of hydrogen-bond acceptors (Lipinski definition) is 6. The highest BCUT2D eigenvalue weighted by Crippen LogP contribution is 2.24. The number of carbonyl (C=O) groups excluding carboxylic acids is 2. The van der Waals surface area contributed by atoms with Crippen LogP contribution in [-0.2, 0) is 9.53 Å². The van der Waals surface area contributed by atoms with E-state index < -0.39 is 23.4 Å². The van der Waals surface area contributed by atoms with E-state index in [1.54, 1.807) is 6.07 Å². The van der Waals surface area contributed by atoms with Gasteiger partial charge in [0.25, 0.3) is 5.91 Å². The maximum Gasteiger partial charge on any atom is 0.349 e. The quantitative estimate of drug-likeness (QED) is 0.515. The number of nitrogens with zero attached hydrogens (tertiary/aromatic N) is 1. The average molecular weight is 334 g/mol. The molecular formula is C15H14N2O5S. The van der Waals surface area contributed by atoms with Crippen molar-refractivity contribution >= 4 is 33.9 Å². The SMILES string of the molecule is Cc1ccc(NC(=O)COC(=O)c2ccc([N+](=O)[O-])s2)c(C)c1. The summed E-state index contributed by atoms with van der Waals surface area (Å²) in [6.45, 7) is 3.35. The van der Waals surface area contributed by atoms with Gasteiger partial charge >= 0.3 is 11.0 Å². The summed E-state index contributed by atoms with van der Waals surface area (Å²) < 4.78 is 4.86. The summed E-state index contributed by atoms with van der Waals surface area (Å²) in [7, 11) is 0. The second kappa shape index (κ2) is 7.01. The van der Waals surface area contributed by atoms with Gasteiger partial charge in [-0.25, -0.2) is 4.79 Å². The second-order valence-corrected chi connectivity index (χ2v) is 5.90. The molecule has 8 heteroatoms. The molecule has 1 aromatic heterocycles. The Labute approximate surface area is 136 Å². The average Bonchev–Trinajstić information content (AvgIpc) is 2.98. The number of nitro groups is 1. The molecule has 0 spiro atoms. The van der Waals surface area contributed by atoms with Gasteiger partial charge in [0, 0.05) is 11.8 Å². The maximum atomic E-state index is 11.8. The Morgan fingerprint density at radius 3 is 2.61 bits per heavy atom. The van der Waals surface area contributed by atoms with E-state index in [-0.39, 0.29) is 9.88 Å². The number of rotatable bonds is 5. The molecule has 7 nitrogen and oxygen atoms in total. The molecule has 23 heavy (non-hydrogen) atoms. The lowest BCUT2D eigenvalue weighted by Gasteiger charge is -2.09. The van der Waals surface area contributed by atoms with E-state index in [9.17, 15) is 19.7 Å². The Balaban J connectivity index is 1.90. The summed E-state index contributed by atoms with van der Waals surface area (Å²) in [6, 6.07) is 8.07. The molecule has 2 aromatic rings. The number of benzene rings is 1. The lowest BCUT2D eigenvalue weighted by atomic mass is 10.1. The molecular weight excluding hydrogens is 320 g/mol. The number of hydrogen-bond donors (Lipinski definition) is 1. The Hall–Kier alpha value is -2.74. The summed E-state index contributed by atoms with van der Waals surface area (Å²) in [5, 5.41) is 13.1. The van der Waals surface area contributed by atoms with Crippen LogP contribution in [0, 0.1) is 24.0 Å². The smallest absolute Gasteiger partial charge is 0.349 e. The number of aryl methyl sites for hydroxylation is 2. The van der Waals surface area contributed by atoms with Crippen molar-refractivity contribution in [2.75, 3.05) is 11.9 Å². The van der Waals surface area contributed by atoms with E-state index in [1.807, 2.05) is 26.0 Å². The zero-order valence-corrected chi connectivity index (χ0v) is 13.3. The number of carbonyl (C=O) groups is 2. The van der Waals surface area contributed by atoms with Crippen LogP contribution in [0.4, 0.5) is 10.7 Å². The molecule has 0 atom stereocenters. The van der Waals surface area contributed by atoms with Crippen LogP contribution < -0.4 is 5.32 Å². The van der Waals surface area contributed by atoms with Crippen molar-refractivity contribution in [1.82, 2.24) is 0 Å². The monoisotopic (exact) mass is 334 g/mol. The highest BCUT2D eigenvalue weighted by molar-refractivity contribution is 7.17. The van der Waals surface area contributed by atoms with Gasteiger partial charge in [0.1, 0.15) is 4.88 Å². The first kappa shape index (κ1) is 16.6. The Morgan fingerprint density at radius 1 is 1.26 bits per heavy atom. The highest BCUT2D eigenvalue weighted by atomic mass is 32.1. The van der Waals surface area contributed by atoms with Crippen molar-refractivity contribution in [3.8, 4) is 0 Å². The molecule has 2 rings (SSSR count). The van der Waals surface area contributed by atoms with Gasteiger partial charge in [-0.3, -0.25) is 14.9 Å². The van der Waals surface area contributed by atoms with Crippen LogP contribution in [0.1, 0.15) is 20.8 Å². The molecule has 1 aromatic carbocycles. The van der Waals surface area contributed by atoms with Gasteiger partial charge in [0.15, 0.2) is 6.61 Å². The number of nitrogens with one attached hydrogen (secondary N) is 1. The van der Waals surface area contributed by atoms with Crippen molar-refractivity contribution in [2.45, 2.75) is 13.8 Å². The zero-order chi connectivity index (χ0) is 17.0. The summed E-state index contributed by atoms with van der Waals surface area (Å²) in [5.41, 5.74) is 2.62. The molecule has 120 valence electrons. The van der Waals surface area contributed by atoms with Crippen LogP contribution in [0.25, 0.3) is 0 Å². The van der Waals surface area contributed by atoms with Crippen molar-refractivity contribution in [3.05, 3.63) is 56.5 Å². The third-order valence-electron chi connectivity index (χ3n) is 2.96. The standard InChI is InChI=1S/C15H14N2O5S/c1-9-3-4-11(10(2)7-9)16-13(18)8-22-15(19)12-5-6-14(23-12)17(20)21/h3-7H,8H2,1-2H3,(H,16,18). The fraction of sp³-hybridized carbons (Fsp3) is 0.200.